The Bertz CT molecular complexity index is 723. The summed E-state index contributed by atoms with van der Waals surface area (Å²) in [5.41, 5.74) is 2.91. The van der Waals surface area contributed by atoms with Crippen LogP contribution >= 0.6 is 11.8 Å². The first-order valence-electron chi connectivity index (χ1n) is 8.28. The van der Waals surface area contributed by atoms with Crippen LogP contribution in [0.15, 0.2) is 35.5 Å². The van der Waals surface area contributed by atoms with E-state index in [-0.39, 0.29) is 11.7 Å². The minimum atomic E-state index is 0.123. The standard InChI is InChI=1S/C18H22N4O2S/c1-13-11-14(2)20-18(19-13)25-12-17(24)22-9-7-21(8-10-22)15-3-5-16(23)6-4-15/h3-6,11,23H,7-10,12H2,1-2H3. The number of aryl methyl sites for hydroxylation is 2. The quantitative estimate of drug-likeness (QED) is 0.668. The molecule has 0 saturated carbocycles. The highest BCUT2D eigenvalue weighted by Gasteiger charge is 2.21. The van der Waals surface area contributed by atoms with Crippen molar-refractivity contribution < 1.29 is 9.90 Å². The summed E-state index contributed by atoms with van der Waals surface area (Å²) in [5, 5.41) is 10.0. The van der Waals surface area contributed by atoms with Crippen molar-refractivity contribution in [1.82, 2.24) is 14.9 Å². The molecule has 0 atom stereocenters. The highest BCUT2D eigenvalue weighted by atomic mass is 32.2. The predicted octanol–water partition coefficient (Wildman–Crippen LogP) is 2.24. The van der Waals surface area contributed by atoms with E-state index in [0.29, 0.717) is 24.0 Å². The maximum Gasteiger partial charge on any atom is 0.233 e. The number of thioether (sulfide) groups is 1. The molecule has 0 radical (unpaired) electrons. The second-order valence-corrected chi connectivity index (χ2v) is 7.05. The van der Waals surface area contributed by atoms with Crippen LogP contribution in [-0.2, 0) is 4.79 Å². The summed E-state index contributed by atoms with van der Waals surface area (Å²) in [6.45, 7) is 6.86. The molecular formula is C18H22N4O2S. The van der Waals surface area contributed by atoms with Crippen molar-refractivity contribution in [2.75, 3.05) is 36.8 Å². The van der Waals surface area contributed by atoms with E-state index in [4.69, 9.17) is 0 Å². The van der Waals surface area contributed by atoms with E-state index in [9.17, 15) is 9.90 Å². The van der Waals surface area contributed by atoms with Crippen LogP contribution in [0.1, 0.15) is 11.4 Å². The fourth-order valence-corrected chi connectivity index (χ4v) is 3.71. The number of carbonyl (C=O) groups is 1. The van der Waals surface area contributed by atoms with Gasteiger partial charge in [0.05, 0.1) is 5.75 Å². The first-order chi connectivity index (χ1) is 12.0. The highest BCUT2D eigenvalue weighted by Crippen LogP contribution is 2.20. The number of carbonyl (C=O) groups excluding carboxylic acids is 1. The van der Waals surface area contributed by atoms with Crippen LogP contribution < -0.4 is 4.90 Å². The number of phenols is 1. The van der Waals surface area contributed by atoms with Gasteiger partial charge in [-0.2, -0.15) is 0 Å². The van der Waals surface area contributed by atoms with Crippen molar-refractivity contribution in [3.8, 4) is 5.75 Å². The molecule has 1 N–H and O–H groups in total. The first-order valence-corrected chi connectivity index (χ1v) is 9.26. The number of piperazine rings is 1. The van der Waals surface area contributed by atoms with E-state index in [1.807, 2.05) is 36.9 Å². The molecule has 6 nitrogen and oxygen atoms in total. The lowest BCUT2D eigenvalue weighted by atomic mass is 10.2. The molecule has 7 heteroatoms. The van der Waals surface area contributed by atoms with Gasteiger partial charge in [-0.25, -0.2) is 9.97 Å². The number of anilines is 1. The van der Waals surface area contributed by atoms with Gasteiger partial charge in [0.25, 0.3) is 0 Å². The average molecular weight is 358 g/mol. The Hall–Kier alpha value is -2.28. The van der Waals surface area contributed by atoms with Gasteiger partial charge in [-0.15, -0.1) is 0 Å². The van der Waals surface area contributed by atoms with Gasteiger partial charge in [0.15, 0.2) is 5.16 Å². The Morgan fingerprint density at radius 2 is 1.68 bits per heavy atom. The molecule has 132 valence electrons. The number of nitrogens with zero attached hydrogens (tertiary/aromatic N) is 4. The summed E-state index contributed by atoms with van der Waals surface area (Å²) in [6, 6.07) is 9.11. The number of phenolic OH excluding ortho intramolecular Hbond substituents is 1. The topological polar surface area (TPSA) is 69.6 Å². The van der Waals surface area contributed by atoms with Gasteiger partial charge < -0.3 is 14.9 Å². The monoisotopic (exact) mass is 358 g/mol. The van der Waals surface area contributed by atoms with Crippen molar-refractivity contribution in [3.63, 3.8) is 0 Å². The number of benzene rings is 1. The first kappa shape index (κ1) is 17.5. The molecule has 1 aromatic carbocycles. The van der Waals surface area contributed by atoms with Gasteiger partial charge in [-0.1, -0.05) is 11.8 Å². The van der Waals surface area contributed by atoms with Crippen molar-refractivity contribution in [1.29, 1.82) is 0 Å². The molecule has 0 spiro atoms. The van der Waals surface area contributed by atoms with E-state index in [1.54, 1.807) is 12.1 Å². The van der Waals surface area contributed by atoms with Crippen LogP contribution in [0.5, 0.6) is 5.75 Å². The number of rotatable bonds is 4. The molecule has 1 aliphatic heterocycles. The van der Waals surface area contributed by atoms with E-state index in [2.05, 4.69) is 14.9 Å². The summed E-state index contributed by atoms with van der Waals surface area (Å²) < 4.78 is 0. The van der Waals surface area contributed by atoms with Crippen molar-refractivity contribution in [3.05, 3.63) is 41.7 Å². The smallest absolute Gasteiger partial charge is 0.233 e. The van der Waals surface area contributed by atoms with Crippen LogP contribution in [0, 0.1) is 13.8 Å². The minimum Gasteiger partial charge on any atom is -0.508 e. The lowest BCUT2D eigenvalue weighted by molar-refractivity contribution is -0.128. The van der Waals surface area contributed by atoms with Crippen LogP contribution in [0.4, 0.5) is 5.69 Å². The van der Waals surface area contributed by atoms with Gasteiger partial charge >= 0.3 is 0 Å². The molecule has 0 unspecified atom stereocenters. The minimum absolute atomic E-state index is 0.123. The summed E-state index contributed by atoms with van der Waals surface area (Å²) in [7, 11) is 0. The molecule has 1 amide bonds. The lowest BCUT2D eigenvalue weighted by Crippen LogP contribution is -2.49. The fraction of sp³-hybridized carbons (Fsp3) is 0.389. The Balaban J connectivity index is 1.50. The third-order valence-electron chi connectivity index (χ3n) is 4.13. The maximum absolute atomic E-state index is 12.4. The van der Waals surface area contributed by atoms with Crippen LogP contribution in [-0.4, -0.2) is 57.8 Å². The number of hydrogen-bond acceptors (Lipinski definition) is 6. The molecule has 25 heavy (non-hydrogen) atoms. The molecule has 2 heterocycles. The Morgan fingerprint density at radius 1 is 1.08 bits per heavy atom. The lowest BCUT2D eigenvalue weighted by Gasteiger charge is -2.36. The van der Waals surface area contributed by atoms with Crippen molar-refractivity contribution >= 4 is 23.4 Å². The van der Waals surface area contributed by atoms with E-state index in [0.717, 1.165) is 30.2 Å². The zero-order valence-electron chi connectivity index (χ0n) is 14.5. The molecular weight excluding hydrogens is 336 g/mol. The van der Waals surface area contributed by atoms with E-state index >= 15 is 0 Å². The second kappa shape index (κ2) is 7.74. The summed E-state index contributed by atoms with van der Waals surface area (Å²) in [4.78, 5) is 25.3. The third kappa shape index (κ3) is 4.63. The zero-order chi connectivity index (χ0) is 17.8. The van der Waals surface area contributed by atoms with Crippen molar-refractivity contribution in [2.45, 2.75) is 19.0 Å². The summed E-state index contributed by atoms with van der Waals surface area (Å²) >= 11 is 1.39. The highest BCUT2D eigenvalue weighted by molar-refractivity contribution is 7.99. The predicted molar refractivity (Wildman–Crippen MR) is 99.1 cm³/mol. The molecule has 2 aromatic rings. The van der Waals surface area contributed by atoms with Gasteiger partial charge in [0.2, 0.25) is 5.91 Å². The van der Waals surface area contributed by atoms with Crippen molar-refractivity contribution in [2.24, 2.45) is 0 Å². The Morgan fingerprint density at radius 3 is 2.28 bits per heavy atom. The Kier molecular flexibility index (Phi) is 5.43. The molecule has 0 aliphatic carbocycles. The SMILES string of the molecule is Cc1cc(C)nc(SCC(=O)N2CCN(c3ccc(O)cc3)CC2)n1. The average Bonchev–Trinajstić information content (AvgIpc) is 2.60. The van der Waals surface area contributed by atoms with Gasteiger partial charge in [-0.3, -0.25) is 4.79 Å². The number of aromatic hydroxyl groups is 1. The third-order valence-corrected chi connectivity index (χ3v) is 4.97. The maximum atomic E-state index is 12.4. The molecule has 1 fully saturated rings. The number of aromatic nitrogens is 2. The second-order valence-electron chi connectivity index (χ2n) is 6.11. The Labute approximate surface area is 151 Å². The molecule has 1 saturated heterocycles. The van der Waals surface area contributed by atoms with Gasteiger partial charge in [0.1, 0.15) is 5.75 Å². The van der Waals surface area contributed by atoms with Gasteiger partial charge in [-0.05, 0) is 44.2 Å². The summed E-state index contributed by atoms with van der Waals surface area (Å²) in [6.07, 6.45) is 0. The van der Waals surface area contributed by atoms with E-state index < -0.39 is 0 Å². The normalized spacial score (nSPS) is 14.6. The molecule has 1 aliphatic rings. The largest absolute Gasteiger partial charge is 0.508 e. The number of amides is 1. The van der Waals surface area contributed by atoms with Crippen LogP contribution in [0.3, 0.4) is 0 Å². The zero-order valence-corrected chi connectivity index (χ0v) is 15.3. The number of hydrogen-bond donors (Lipinski definition) is 1. The fourth-order valence-electron chi connectivity index (χ4n) is 2.85. The molecule has 3 rings (SSSR count). The summed E-state index contributed by atoms with van der Waals surface area (Å²) in [5.74, 6) is 0.753. The van der Waals surface area contributed by atoms with E-state index in [1.165, 1.54) is 11.8 Å². The van der Waals surface area contributed by atoms with Crippen LogP contribution in [0.2, 0.25) is 0 Å². The molecule has 1 aromatic heterocycles. The van der Waals surface area contributed by atoms with Crippen LogP contribution in [0.25, 0.3) is 0 Å². The van der Waals surface area contributed by atoms with Gasteiger partial charge in [0, 0.05) is 43.3 Å². The molecule has 0 bridgehead atoms.